The molecule has 0 spiro atoms. The normalized spacial score (nSPS) is 10.2. The van der Waals surface area contributed by atoms with Gasteiger partial charge in [-0.3, -0.25) is 19.2 Å². The van der Waals surface area contributed by atoms with Crippen molar-refractivity contribution in [2.75, 3.05) is 13.1 Å². The van der Waals surface area contributed by atoms with Crippen LogP contribution in [-0.2, 0) is 30.5 Å². The molecule has 1 rings (SSSR count). The van der Waals surface area contributed by atoms with Gasteiger partial charge in [0.2, 0.25) is 5.91 Å². The van der Waals surface area contributed by atoms with Crippen molar-refractivity contribution in [1.82, 2.24) is 4.90 Å². The van der Waals surface area contributed by atoms with Crippen molar-refractivity contribution in [2.24, 2.45) is 0 Å². The first kappa shape index (κ1) is 22.1. The monoisotopic (exact) mass is 379 g/mol. The highest BCUT2D eigenvalue weighted by molar-refractivity contribution is 5.78. The first-order valence-electron chi connectivity index (χ1n) is 8.79. The van der Waals surface area contributed by atoms with Crippen LogP contribution in [0.2, 0.25) is 0 Å². The quantitative estimate of drug-likeness (QED) is 0.397. The van der Waals surface area contributed by atoms with Gasteiger partial charge in [0.05, 0.1) is 12.8 Å². The van der Waals surface area contributed by atoms with Crippen molar-refractivity contribution in [3.8, 4) is 0 Å². The van der Waals surface area contributed by atoms with E-state index in [-0.39, 0.29) is 57.3 Å². The zero-order valence-corrected chi connectivity index (χ0v) is 15.1. The highest BCUT2D eigenvalue weighted by Gasteiger charge is 2.16. The van der Waals surface area contributed by atoms with Crippen LogP contribution in [0.15, 0.2) is 30.3 Å². The fraction of sp³-hybridized carbons (Fsp3) is 0.474. The zero-order valence-electron chi connectivity index (χ0n) is 15.1. The van der Waals surface area contributed by atoms with Gasteiger partial charge in [-0.1, -0.05) is 30.3 Å². The number of benzene rings is 1. The van der Waals surface area contributed by atoms with Gasteiger partial charge in [-0.05, 0) is 18.4 Å². The van der Waals surface area contributed by atoms with Crippen LogP contribution in [0.1, 0.15) is 44.1 Å². The highest BCUT2D eigenvalue weighted by Crippen LogP contribution is 2.08. The number of esters is 1. The third-order valence-corrected chi connectivity index (χ3v) is 3.81. The molecule has 1 aromatic rings. The minimum absolute atomic E-state index is 0.0272. The Morgan fingerprint density at radius 1 is 0.815 bits per heavy atom. The molecule has 0 atom stereocenters. The molecule has 0 aliphatic rings. The average molecular weight is 379 g/mol. The maximum Gasteiger partial charge on any atom is 0.306 e. The van der Waals surface area contributed by atoms with E-state index in [0.717, 1.165) is 5.56 Å². The highest BCUT2D eigenvalue weighted by atomic mass is 16.5. The molecule has 0 unspecified atom stereocenters. The van der Waals surface area contributed by atoms with Crippen LogP contribution in [0.5, 0.6) is 0 Å². The summed E-state index contributed by atoms with van der Waals surface area (Å²) in [5, 5.41) is 17.4. The number of carbonyl (C=O) groups is 4. The lowest BCUT2D eigenvalue weighted by Crippen LogP contribution is -2.34. The molecule has 0 fully saturated rings. The van der Waals surface area contributed by atoms with Gasteiger partial charge in [-0.15, -0.1) is 0 Å². The van der Waals surface area contributed by atoms with Crippen LogP contribution in [0.25, 0.3) is 0 Å². The summed E-state index contributed by atoms with van der Waals surface area (Å²) in [6.07, 6.45) is 0.741. The SMILES string of the molecule is O=C(O)CCN(CCC(=O)O)C(=O)CCCCC(=O)OCc1ccccc1. The van der Waals surface area contributed by atoms with Crippen molar-refractivity contribution in [3.05, 3.63) is 35.9 Å². The van der Waals surface area contributed by atoms with Gasteiger partial charge in [0.25, 0.3) is 0 Å². The van der Waals surface area contributed by atoms with Gasteiger partial charge in [0, 0.05) is 25.9 Å². The predicted molar refractivity (Wildman–Crippen MR) is 95.8 cm³/mol. The third kappa shape index (κ3) is 10.6. The molecule has 1 amide bonds. The van der Waals surface area contributed by atoms with E-state index in [1.807, 2.05) is 30.3 Å². The molecular formula is C19H25NO7. The number of carbonyl (C=O) groups excluding carboxylic acids is 2. The average Bonchev–Trinajstić information content (AvgIpc) is 2.63. The number of unbranched alkanes of at least 4 members (excludes halogenated alkanes) is 1. The molecule has 0 saturated heterocycles. The fourth-order valence-corrected chi connectivity index (χ4v) is 2.34. The molecule has 2 N–H and O–H groups in total. The van der Waals surface area contributed by atoms with E-state index in [9.17, 15) is 19.2 Å². The zero-order chi connectivity index (χ0) is 20.1. The first-order valence-corrected chi connectivity index (χ1v) is 8.79. The molecule has 8 heteroatoms. The molecular weight excluding hydrogens is 354 g/mol. The van der Waals surface area contributed by atoms with E-state index in [4.69, 9.17) is 14.9 Å². The molecule has 1 aromatic carbocycles. The Labute approximate surface area is 157 Å². The number of hydrogen-bond donors (Lipinski definition) is 2. The molecule has 0 radical (unpaired) electrons. The summed E-state index contributed by atoms with van der Waals surface area (Å²) < 4.78 is 5.15. The fourth-order valence-electron chi connectivity index (χ4n) is 2.34. The summed E-state index contributed by atoms with van der Waals surface area (Å²) in [6.45, 7) is 0.151. The summed E-state index contributed by atoms with van der Waals surface area (Å²) >= 11 is 0. The molecule has 27 heavy (non-hydrogen) atoms. The third-order valence-electron chi connectivity index (χ3n) is 3.81. The standard InChI is InChI=1S/C19H25NO7/c21-16(20(12-10-17(22)23)13-11-18(24)25)8-4-5-9-19(26)27-14-15-6-2-1-3-7-15/h1-3,6-7H,4-5,8-14H2,(H,22,23)(H,24,25). The molecule has 0 heterocycles. The molecule has 0 saturated carbocycles. The second-order valence-corrected chi connectivity index (χ2v) is 6.02. The van der Waals surface area contributed by atoms with Gasteiger partial charge in [-0.25, -0.2) is 0 Å². The number of amides is 1. The van der Waals surface area contributed by atoms with Crippen molar-refractivity contribution >= 4 is 23.8 Å². The van der Waals surface area contributed by atoms with Gasteiger partial charge < -0.3 is 19.8 Å². The van der Waals surface area contributed by atoms with Crippen molar-refractivity contribution in [2.45, 2.75) is 45.1 Å². The Bertz CT molecular complexity index is 612. The molecule has 148 valence electrons. The maximum absolute atomic E-state index is 12.1. The topological polar surface area (TPSA) is 121 Å². The predicted octanol–water partition coefficient (Wildman–Crippen LogP) is 2.07. The molecule has 8 nitrogen and oxygen atoms in total. The second-order valence-electron chi connectivity index (χ2n) is 6.02. The van der Waals surface area contributed by atoms with Crippen molar-refractivity contribution in [3.63, 3.8) is 0 Å². The Kier molecular flexibility index (Phi) is 10.2. The first-order chi connectivity index (χ1) is 12.9. The van der Waals surface area contributed by atoms with Gasteiger partial charge in [-0.2, -0.15) is 0 Å². The number of ether oxygens (including phenoxy) is 1. The van der Waals surface area contributed by atoms with E-state index >= 15 is 0 Å². The summed E-state index contributed by atoms with van der Waals surface area (Å²) in [6, 6.07) is 9.30. The van der Waals surface area contributed by atoms with Gasteiger partial charge in [0.1, 0.15) is 6.61 Å². The smallest absolute Gasteiger partial charge is 0.306 e. The van der Waals surface area contributed by atoms with Crippen LogP contribution in [0.3, 0.4) is 0 Å². The Balaban J connectivity index is 2.27. The number of nitrogens with zero attached hydrogens (tertiary/aromatic N) is 1. The van der Waals surface area contributed by atoms with Crippen molar-refractivity contribution in [1.29, 1.82) is 0 Å². The lowest BCUT2D eigenvalue weighted by molar-refractivity contribution is -0.145. The lowest BCUT2D eigenvalue weighted by atomic mass is 10.1. The van der Waals surface area contributed by atoms with E-state index in [2.05, 4.69) is 0 Å². The largest absolute Gasteiger partial charge is 0.481 e. The minimum Gasteiger partial charge on any atom is -0.481 e. The lowest BCUT2D eigenvalue weighted by Gasteiger charge is -2.21. The van der Waals surface area contributed by atoms with E-state index < -0.39 is 11.9 Å². The van der Waals surface area contributed by atoms with Crippen molar-refractivity contribution < 1.29 is 34.1 Å². The summed E-state index contributed by atoms with van der Waals surface area (Å²) in [4.78, 5) is 46.4. The molecule has 0 aromatic heterocycles. The summed E-state index contributed by atoms with van der Waals surface area (Å²) in [5.41, 5.74) is 0.897. The van der Waals surface area contributed by atoms with Crippen LogP contribution in [-0.4, -0.2) is 52.0 Å². The van der Waals surface area contributed by atoms with Crippen LogP contribution < -0.4 is 0 Å². The Morgan fingerprint density at radius 2 is 1.37 bits per heavy atom. The number of carboxylic acids is 2. The number of carboxylic acid groups (broad SMARTS) is 2. The minimum atomic E-state index is -1.05. The number of aliphatic carboxylic acids is 2. The van der Waals surface area contributed by atoms with Gasteiger partial charge >= 0.3 is 17.9 Å². The Morgan fingerprint density at radius 3 is 1.93 bits per heavy atom. The van der Waals surface area contributed by atoms with Crippen LogP contribution in [0.4, 0.5) is 0 Å². The summed E-state index contributed by atoms with van der Waals surface area (Å²) in [7, 11) is 0. The van der Waals surface area contributed by atoms with E-state index in [0.29, 0.717) is 12.8 Å². The molecule has 0 aliphatic heterocycles. The summed E-state index contributed by atoms with van der Waals surface area (Å²) in [5.74, 6) is -2.76. The van der Waals surface area contributed by atoms with Crippen LogP contribution >= 0.6 is 0 Å². The second kappa shape index (κ2) is 12.5. The van der Waals surface area contributed by atoms with E-state index in [1.54, 1.807) is 0 Å². The number of hydrogen-bond acceptors (Lipinski definition) is 5. The number of rotatable bonds is 13. The van der Waals surface area contributed by atoms with Crippen LogP contribution in [0, 0.1) is 0 Å². The molecule has 0 aliphatic carbocycles. The van der Waals surface area contributed by atoms with Gasteiger partial charge in [0.15, 0.2) is 0 Å². The molecule has 0 bridgehead atoms. The van der Waals surface area contributed by atoms with E-state index in [1.165, 1.54) is 4.90 Å². The Hall–Kier alpha value is -2.90. The maximum atomic E-state index is 12.1.